The number of aryl methyl sites for hydroxylation is 3. The molecule has 1 atom stereocenters. The van der Waals surface area contributed by atoms with Crippen molar-refractivity contribution in [2.75, 3.05) is 6.54 Å². The van der Waals surface area contributed by atoms with Crippen molar-refractivity contribution >= 4 is 5.91 Å². The van der Waals surface area contributed by atoms with Crippen LogP contribution < -0.4 is 5.32 Å². The minimum Gasteiger partial charge on any atom is -0.388 e. The standard InChI is InChI=1S/C16H29N3O2/c1-12(2)8-9-16(4,21)11-17-15(20)7-6-14-10-19(5)18-13(14)3/h10,12,21H,6-9,11H2,1-5H3,(H,17,20). The van der Waals surface area contributed by atoms with E-state index in [1.807, 2.05) is 20.2 Å². The molecular formula is C16H29N3O2. The highest BCUT2D eigenvalue weighted by atomic mass is 16.3. The lowest BCUT2D eigenvalue weighted by atomic mass is 9.95. The zero-order valence-corrected chi connectivity index (χ0v) is 13.9. The van der Waals surface area contributed by atoms with Gasteiger partial charge in [0.15, 0.2) is 0 Å². The largest absolute Gasteiger partial charge is 0.388 e. The molecule has 120 valence electrons. The van der Waals surface area contributed by atoms with Crippen LogP contribution in [0.15, 0.2) is 6.20 Å². The van der Waals surface area contributed by atoms with E-state index in [-0.39, 0.29) is 5.91 Å². The predicted molar refractivity (Wildman–Crippen MR) is 84.0 cm³/mol. The molecule has 0 aliphatic carbocycles. The quantitative estimate of drug-likeness (QED) is 0.770. The Bertz CT molecular complexity index is 464. The van der Waals surface area contributed by atoms with Crippen LogP contribution in [0.4, 0.5) is 0 Å². The average molecular weight is 295 g/mol. The molecule has 1 amide bonds. The molecular weight excluding hydrogens is 266 g/mol. The normalized spacial score (nSPS) is 14.2. The highest BCUT2D eigenvalue weighted by molar-refractivity contribution is 5.76. The Morgan fingerprint density at radius 1 is 1.52 bits per heavy atom. The van der Waals surface area contributed by atoms with E-state index in [1.54, 1.807) is 11.6 Å². The molecule has 0 fully saturated rings. The zero-order chi connectivity index (χ0) is 16.0. The van der Waals surface area contributed by atoms with E-state index in [9.17, 15) is 9.90 Å². The molecule has 1 aromatic heterocycles. The van der Waals surface area contributed by atoms with Gasteiger partial charge in [-0.15, -0.1) is 0 Å². The number of carbonyl (C=O) groups excluding carboxylic acids is 1. The summed E-state index contributed by atoms with van der Waals surface area (Å²) in [4.78, 5) is 11.9. The third kappa shape index (κ3) is 6.76. The van der Waals surface area contributed by atoms with Gasteiger partial charge in [0.05, 0.1) is 11.3 Å². The molecule has 0 spiro atoms. The second-order valence-corrected chi connectivity index (χ2v) is 6.62. The molecule has 1 unspecified atom stereocenters. The fourth-order valence-electron chi connectivity index (χ4n) is 2.21. The molecule has 0 saturated carbocycles. The Hall–Kier alpha value is -1.36. The van der Waals surface area contributed by atoms with E-state index in [4.69, 9.17) is 0 Å². The number of hydrogen-bond donors (Lipinski definition) is 2. The number of rotatable bonds is 8. The minimum atomic E-state index is -0.829. The van der Waals surface area contributed by atoms with Crippen molar-refractivity contribution in [3.05, 3.63) is 17.5 Å². The van der Waals surface area contributed by atoms with Gasteiger partial charge in [0.25, 0.3) is 0 Å². The lowest BCUT2D eigenvalue weighted by Crippen LogP contribution is -2.40. The molecule has 1 aromatic rings. The van der Waals surface area contributed by atoms with Crippen molar-refractivity contribution in [2.24, 2.45) is 13.0 Å². The van der Waals surface area contributed by atoms with Crippen molar-refractivity contribution in [1.29, 1.82) is 0 Å². The molecule has 21 heavy (non-hydrogen) atoms. The van der Waals surface area contributed by atoms with E-state index in [0.29, 0.717) is 31.7 Å². The summed E-state index contributed by atoms with van der Waals surface area (Å²) in [5.41, 5.74) is 1.23. The van der Waals surface area contributed by atoms with Crippen molar-refractivity contribution in [1.82, 2.24) is 15.1 Å². The first-order valence-corrected chi connectivity index (χ1v) is 7.68. The van der Waals surface area contributed by atoms with Crippen LogP contribution in [0, 0.1) is 12.8 Å². The van der Waals surface area contributed by atoms with Gasteiger partial charge in [0, 0.05) is 26.2 Å². The van der Waals surface area contributed by atoms with Crippen molar-refractivity contribution in [3.8, 4) is 0 Å². The van der Waals surface area contributed by atoms with Gasteiger partial charge in [-0.25, -0.2) is 0 Å². The number of hydrogen-bond acceptors (Lipinski definition) is 3. The maximum absolute atomic E-state index is 11.9. The van der Waals surface area contributed by atoms with E-state index in [0.717, 1.165) is 17.7 Å². The lowest BCUT2D eigenvalue weighted by molar-refractivity contribution is -0.122. The maximum atomic E-state index is 11.9. The van der Waals surface area contributed by atoms with Gasteiger partial charge in [0.1, 0.15) is 0 Å². The predicted octanol–water partition coefficient (Wildman–Crippen LogP) is 1.96. The average Bonchev–Trinajstić information content (AvgIpc) is 2.70. The van der Waals surface area contributed by atoms with E-state index in [1.165, 1.54) is 0 Å². The van der Waals surface area contributed by atoms with Crippen LogP contribution >= 0.6 is 0 Å². The van der Waals surface area contributed by atoms with Crippen LogP contribution in [0.3, 0.4) is 0 Å². The molecule has 0 saturated heterocycles. The Labute approximate surface area is 127 Å². The molecule has 0 bridgehead atoms. The SMILES string of the molecule is Cc1nn(C)cc1CCC(=O)NCC(C)(O)CCC(C)C. The molecule has 0 aliphatic heterocycles. The molecule has 5 nitrogen and oxygen atoms in total. The smallest absolute Gasteiger partial charge is 0.220 e. The molecule has 0 aliphatic rings. The number of nitrogens with zero attached hydrogens (tertiary/aromatic N) is 2. The van der Waals surface area contributed by atoms with Crippen molar-refractivity contribution in [2.45, 2.75) is 59.0 Å². The topological polar surface area (TPSA) is 67.2 Å². The van der Waals surface area contributed by atoms with E-state index >= 15 is 0 Å². The summed E-state index contributed by atoms with van der Waals surface area (Å²) in [6, 6.07) is 0. The number of nitrogens with one attached hydrogen (secondary N) is 1. The van der Waals surface area contributed by atoms with Gasteiger partial charge in [-0.3, -0.25) is 9.48 Å². The van der Waals surface area contributed by atoms with Gasteiger partial charge < -0.3 is 10.4 Å². The molecule has 5 heteroatoms. The first-order valence-electron chi connectivity index (χ1n) is 7.68. The summed E-state index contributed by atoms with van der Waals surface area (Å²) >= 11 is 0. The molecule has 0 radical (unpaired) electrons. The van der Waals surface area contributed by atoms with Gasteiger partial charge >= 0.3 is 0 Å². The Balaban J connectivity index is 2.32. The fourth-order valence-corrected chi connectivity index (χ4v) is 2.21. The van der Waals surface area contributed by atoms with Crippen LogP contribution in [0.2, 0.25) is 0 Å². The van der Waals surface area contributed by atoms with Crippen molar-refractivity contribution in [3.63, 3.8) is 0 Å². The first-order chi connectivity index (χ1) is 9.69. The van der Waals surface area contributed by atoms with Crippen molar-refractivity contribution < 1.29 is 9.90 Å². The highest BCUT2D eigenvalue weighted by Crippen LogP contribution is 2.15. The summed E-state index contributed by atoms with van der Waals surface area (Å²) in [5, 5.41) is 17.3. The Morgan fingerprint density at radius 2 is 2.19 bits per heavy atom. The third-order valence-corrected chi connectivity index (χ3v) is 3.66. The second kappa shape index (κ2) is 7.59. The second-order valence-electron chi connectivity index (χ2n) is 6.62. The van der Waals surface area contributed by atoms with Crippen LogP contribution in [0.25, 0.3) is 0 Å². The lowest BCUT2D eigenvalue weighted by Gasteiger charge is -2.24. The number of aromatic nitrogens is 2. The Morgan fingerprint density at radius 3 is 2.71 bits per heavy atom. The van der Waals surface area contributed by atoms with Crippen LogP contribution in [0.1, 0.15) is 51.3 Å². The molecule has 0 aromatic carbocycles. The van der Waals surface area contributed by atoms with Gasteiger partial charge in [-0.2, -0.15) is 5.10 Å². The van der Waals surface area contributed by atoms with Crippen LogP contribution in [-0.2, 0) is 18.3 Å². The first kappa shape index (κ1) is 17.7. The molecule has 1 rings (SSSR count). The van der Waals surface area contributed by atoms with E-state index in [2.05, 4.69) is 24.3 Å². The summed E-state index contributed by atoms with van der Waals surface area (Å²) < 4.78 is 1.76. The number of amides is 1. The number of aliphatic hydroxyl groups is 1. The van der Waals surface area contributed by atoms with Crippen LogP contribution in [0.5, 0.6) is 0 Å². The summed E-state index contributed by atoms with van der Waals surface area (Å²) in [7, 11) is 1.88. The molecule has 2 N–H and O–H groups in total. The van der Waals surface area contributed by atoms with E-state index < -0.39 is 5.60 Å². The fraction of sp³-hybridized carbons (Fsp3) is 0.750. The van der Waals surface area contributed by atoms with Gasteiger partial charge in [-0.05, 0) is 44.6 Å². The van der Waals surface area contributed by atoms with Crippen LogP contribution in [-0.4, -0.2) is 32.9 Å². The van der Waals surface area contributed by atoms with Gasteiger partial charge in [0.2, 0.25) is 5.91 Å². The third-order valence-electron chi connectivity index (χ3n) is 3.66. The minimum absolute atomic E-state index is 0.0249. The summed E-state index contributed by atoms with van der Waals surface area (Å²) in [6.45, 7) is 8.30. The maximum Gasteiger partial charge on any atom is 0.220 e. The summed E-state index contributed by atoms with van der Waals surface area (Å²) in [5.74, 6) is 0.531. The molecule has 1 heterocycles. The number of carbonyl (C=O) groups is 1. The highest BCUT2D eigenvalue weighted by Gasteiger charge is 2.21. The monoisotopic (exact) mass is 295 g/mol. The zero-order valence-electron chi connectivity index (χ0n) is 13.9. The van der Waals surface area contributed by atoms with Gasteiger partial charge in [-0.1, -0.05) is 13.8 Å². The summed E-state index contributed by atoms with van der Waals surface area (Å²) in [6.07, 6.45) is 4.71. The Kier molecular flexibility index (Phi) is 6.40.